The number of hydrogen-bond acceptors (Lipinski definition) is 4. The fourth-order valence-electron chi connectivity index (χ4n) is 3.86. The first-order chi connectivity index (χ1) is 14.7. The van der Waals surface area contributed by atoms with E-state index >= 15 is 0 Å². The number of benzene rings is 3. The topological polar surface area (TPSA) is 51.2 Å². The van der Waals surface area contributed by atoms with Crippen molar-refractivity contribution in [3.8, 4) is 0 Å². The summed E-state index contributed by atoms with van der Waals surface area (Å²) in [5.41, 5.74) is 5.29. The Bertz CT molecular complexity index is 1120. The van der Waals surface area contributed by atoms with Gasteiger partial charge in [0.1, 0.15) is 0 Å². The number of aromatic nitrogens is 1. The van der Waals surface area contributed by atoms with E-state index in [1.807, 2.05) is 67.6 Å². The van der Waals surface area contributed by atoms with E-state index in [1.165, 1.54) is 7.11 Å². The Morgan fingerprint density at radius 3 is 2.07 bits per heavy atom. The lowest BCUT2D eigenvalue weighted by atomic mass is 9.97. The van der Waals surface area contributed by atoms with Crippen molar-refractivity contribution in [1.29, 1.82) is 0 Å². The van der Waals surface area contributed by atoms with Gasteiger partial charge in [-0.3, -0.25) is 4.98 Å². The highest BCUT2D eigenvalue weighted by Crippen LogP contribution is 2.26. The molecule has 1 heterocycles. The lowest BCUT2D eigenvalue weighted by Crippen LogP contribution is -2.24. The van der Waals surface area contributed by atoms with Crippen LogP contribution in [0.4, 0.5) is 0 Å². The quantitative estimate of drug-likeness (QED) is 0.455. The summed E-state index contributed by atoms with van der Waals surface area (Å²) in [5, 5.41) is 4.57. The van der Waals surface area contributed by atoms with Crippen LogP contribution in [0.25, 0.3) is 10.9 Å². The maximum atomic E-state index is 12.6. The van der Waals surface area contributed by atoms with Gasteiger partial charge in [-0.15, -0.1) is 0 Å². The summed E-state index contributed by atoms with van der Waals surface area (Å²) in [6, 6.07) is 28.4. The number of aryl methyl sites for hydroxylation is 1. The van der Waals surface area contributed by atoms with Crippen molar-refractivity contribution in [1.82, 2.24) is 10.3 Å². The van der Waals surface area contributed by atoms with Gasteiger partial charge in [0.05, 0.1) is 29.9 Å². The molecule has 0 fully saturated rings. The number of nitrogens with zero attached hydrogens (tertiary/aromatic N) is 1. The van der Waals surface area contributed by atoms with Gasteiger partial charge >= 0.3 is 5.97 Å². The van der Waals surface area contributed by atoms with E-state index in [2.05, 4.69) is 29.6 Å². The second kappa shape index (κ2) is 8.89. The molecule has 0 aliphatic heterocycles. The van der Waals surface area contributed by atoms with Crippen molar-refractivity contribution in [3.63, 3.8) is 0 Å². The van der Waals surface area contributed by atoms with E-state index in [-0.39, 0.29) is 12.0 Å². The van der Waals surface area contributed by atoms with Crippen molar-refractivity contribution < 1.29 is 9.53 Å². The fourth-order valence-corrected chi connectivity index (χ4v) is 3.86. The number of fused-ring (bicyclic) bond motifs is 1. The van der Waals surface area contributed by atoms with Crippen LogP contribution in [-0.4, -0.2) is 18.1 Å². The Balaban J connectivity index is 1.74. The second-order valence-electron chi connectivity index (χ2n) is 7.20. The minimum Gasteiger partial charge on any atom is -0.465 e. The Morgan fingerprint density at radius 1 is 0.900 bits per heavy atom. The molecule has 4 aromatic rings. The molecule has 0 amide bonds. The van der Waals surface area contributed by atoms with Crippen LogP contribution < -0.4 is 5.32 Å². The lowest BCUT2D eigenvalue weighted by Gasteiger charge is -2.21. The van der Waals surface area contributed by atoms with Gasteiger partial charge in [0.25, 0.3) is 0 Å². The zero-order chi connectivity index (χ0) is 20.9. The molecule has 150 valence electrons. The summed E-state index contributed by atoms with van der Waals surface area (Å²) in [7, 11) is 1.41. The summed E-state index contributed by atoms with van der Waals surface area (Å²) in [6.45, 7) is 2.39. The fraction of sp³-hybridized carbons (Fsp3) is 0.154. The standard InChI is InChI=1S/C26H24N2O2/c1-18-21-15-9-10-16-22(21)28-23(24(18)26(29)30-2)17-27-25(19-11-5-3-6-12-19)20-13-7-4-8-14-20/h3-16,25,27H,17H2,1-2H3. The maximum Gasteiger partial charge on any atom is 0.340 e. The van der Waals surface area contributed by atoms with Crippen LogP contribution in [0.1, 0.15) is 38.8 Å². The van der Waals surface area contributed by atoms with Gasteiger partial charge in [-0.1, -0.05) is 78.9 Å². The van der Waals surface area contributed by atoms with Crippen molar-refractivity contribution in [2.75, 3.05) is 7.11 Å². The summed E-state index contributed by atoms with van der Waals surface area (Å²) in [6.07, 6.45) is 0. The Kier molecular flexibility index (Phi) is 5.87. The third-order valence-electron chi connectivity index (χ3n) is 5.36. The normalized spacial score (nSPS) is 11.0. The SMILES string of the molecule is COC(=O)c1c(CNC(c2ccccc2)c2ccccc2)nc2ccccc2c1C. The first-order valence-electron chi connectivity index (χ1n) is 9.99. The van der Waals surface area contributed by atoms with E-state index in [1.54, 1.807) is 0 Å². The zero-order valence-electron chi connectivity index (χ0n) is 17.1. The molecule has 3 aromatic carbocycles. The van der Waals surface area contributed by atoms with Crippen LogP contribution in [0.5, 0.6) is 0 Å². The van der Waals surface area contributed by atoms with E-state index in [4.69, 9.17) is 9.72 Å². The van der Waals surface area contributed by atoms with Gasteiger partial charge in [-0.2, -0.15) is 0 Å². The van der Waals surface area contributed by atoms with Gasteiger partial charge in [-0.25, -0.2) is 4.79 Å². The van der Waals surface area contributed by atoms with Gasteiger partial charge < -0.3 is 10.1 Å². The molecule has 30 heavy (non-hydrogen) atoms. The molecule has 4 heteroatoms. The third kappa shape index (κ3) is 3.95. The smallest absolute Gasteiger partial charge is 0.340 e. The second-order valence-corrected chi connectivity index (χ2v) is 7.20. The minimum atomic E-state index is -0.362. The third-order valence-corrected chi connectivity index (χ3v) is 5.36. The molecule has 4 rings (SSSR count). The first kappa shape index (κ1) is 19.8. The van der Waals surface area contributed by atoms with Gasteiger partial charge in [0.2, 0.25) is 0 Å². The lowest BCUT2D eigenvalue weighted by molar-refractivity contribution is 0.0598. The predicted octanol–water partition coefficient (Wildman–Crippen LogP) is 5.21. The van der Waals surface area contributed by atoms with Crippen molar-refractivity contribution in [2.24, 2.45) is 0 Å². The van der Waals surface area contributed by atoms with Crippen molar-refractivity contribution in [2.45, 2.75) is 19.5 Å². The number of ether oxygens (including phenoxy) is 1. The van der Waals surface area contributed by atoms with Crippen LogP contribution in [0.3, 0.4) is 0 Å². The van der Waals surface area contributed by atoms with Crippen molar-refractivity contribution in [3.05, 3.63) is 113 Å². The van der Waals surface area contributed by atoms with E-state index in [9.17, 15) is 4.79 Å². The Labute approximate surface area is 176 Å². The van der Waals surface area contributed by atoms with Crippen LogP contribution in [0, 0.1) is 6.92 Å². The molecule has 0 saturated heterocycles. The van der Waals surface area contributed by atoms with E-state index in [0.717, 1.165) is 27.6 Å². The summed E-state index contributed by atoms with van der Waals surface area (Å²) >= 11 is 0. The van der Waals surface area contributed by atoms with Crippen LogP contribution >= 0.6 is 0 Å². The largest absolute Gasteiger partial charge is 0.465 e. The average Bonchev–Trinajstić information content (AvgIpc) is 2.80. The molecule has 0 aliphatic rings. The van der Waals surface area contributed by atoms with E-state index in [0.29, 0.717) is 17.8 Å². The summed E-state index contributed by atoms with van der Waals surface area (Å²) in [4.78, 5) is 17.4. The van der Waals surface area contributed by atoms with Gasteiger partial charge in [0, 0.05) is 11.9 Å². The Hall–Kier alpha value is -3.50. The van der Waals surface area contributed by atoms with Gasteiger partial charge in [-0.05, 0) is 29.7 Å². The van der Waals surface area contributed by atoms with Gasteiger partial charge in [0.15, 0.2) is 0 Å². The zero-order valence-corrected chi connectivity index (χ0v) is 17.1. The number of rotatable bonds is 6. The molecule has 1 N–H and O–H groups in total. The highest BCUT2D eigenvalue weighted by atomic mass is 16.5. The molecule has 0 bridgehead atoms. The number of carbonyl (C=O) groups is 1. The molecule has 4 nitrogen and oxygen atoms in total. The Morgan fingerprint density at radius 2 is 1.47 bits per heavy atom. The number of hydrogen-bond donors (Lipinski definition) is 1. The molecule has 0 radical (unpaired) electrons. The highest BCUT2D eigenvalue weighted by Gasteiger charge is 2.21. The predicted molar refractivity (Wildman–Crippen MR) is 119 cm³/mol. The number of methoxy groups -OCH3 is 1. The number of nitrogens with one attached hydrogen (secondary N) is 1. The minimum absolute atomic E-state index is 0.0218. The monoisotopic (exact) mass is 396 g/mol. The molecule has 0 spiro atoms. The molecular weight excluding hydrogens is 372 g/mol. The van der Waals surface area contributed by atoms with Crippen LogP contribution in [0.2, 0.25) is 0 Å². The summed E-state index contributed by atoms with van der Waals surface area (Å²) < 4.78 is 5.08. The number of pyridine rings is 1. The maximum absolute atomic E-state index is 12.6. The molecule has 0 atom stereocenters. The highest BCUT2D eigenvalue weighted by molar-refractivity contribution is 5.98. The summed E-state index contributed by atoms with van der Waals surface area (Å²) in [5.74, 6) is -0.362. The molecule has 0 aliphatic carbocycles. The van der Waals surface area contributed by atoms with Crippen LogP contribution in [-0.2, 0) is 11.3 Å². The molecule has 0 saturated carbocycles. The number of esters is 1. The number of para-hydroxylation sites is 1. The first-order valence-corrected chi connectivity index (χ1v) is 9.99. The van der Waals surface area contributed by atoms with Crippen molar-refractivity contribution >= 4 is 16.9 Å². The van der Waals surface area contributed by atoms with Crippen LogP contribution in [0.15, 0.2) is 84.9 Å². The molecule has 0 unspecified atom stereocenters. The average molecular weight is 396 g/mol. The molecule has 1 aromatic heterocycles. The number of carbonyl (C=O) groups excluding carboxylic acids is 1. The molecular formula is C26H24N2O2. The van der Waals surface area contributed by atoms with E-state index < -0.39 is 0 Å².